The first-order valence-corrected chi connectivity index (χ1v) is 10.3. The quantitative estimate of drug-likeness (QED) is 0.526. The number of benzene rings is 2. The van der Waals surface area contributed by atoms with Crippen LogP contribution in [0.15, 0.2) is 40.9 Å². The molecule has 1 saturated heterocycles. The van der Waals surface area contributed by atoms with Crippen molar-refractivity contribution >= 4 is 15.9 Å². The number of likely N-dealkylation sites (N-methyl/N-ethyl adjacent to an activating group) is 1. The molecule has 0 aromatic heterocycles. The second-order valence-electron chi connectivity index (χ2n) is 7.06. The van der Waals surface area contributed by atoms with Crippen molar-refractivity contribution in [2.75, 3.05) is 32.7 Å². The molecule has 0 N–H and O–H groups in total. The molecule has 3 rings (SSSR count). The number of ether oxygens (including phenoxy) is 1. The first kappa shape index (κ1) is 22.1. The minimum absolute atomic E-state index is 0.0679. The summed E-state index contributed by atoms with van der Waals surface area (Å²) in [4.78, 5) is 4.72. The molecular formula is C21H23BrF4N2O. The molecule has 1 aliphatic rings. The summed E-state index contributed by atoms with van der Waals surface area (Å²) in [6.07, 6.45) is -4.73. The number of rotatable bonds is 6. The van der Waals surface area contributed by atoms with Crippen molar-refractivity contribution < 1.29 is 22.3 Å². The largest absolute Gasteiger partial charge is 0.489 e. The number of halogens is 5. The second-order valence-corrected chi connectivity index (χ2v) is 7.98. The van der Waals surface area contributed by atoms with Crippen LogP contribution in [0.25, 0.3) is 0 Å². The molecule has 0 atom stereocenters. The SMILES string of the molecule is CCN1CCN(Cc2cc(Br)ccc2OCc2ccc(F)c(C(F)(F)F)c2)CC1. The molecule has 1 heterocycles. The lowest BCUT2D eigenvalue weighted by Crippen LogP contribution is -2.45. The van der Waals surface area contributed by atoms with Gasteiger partial charge >= 0.3 is 6.18 Å². The van der Waals surface area contributed by atoms with E-state index in [-0.39, 0.29) is 12.2 Å². The Morgan fingerprint density at radius 1 is 1.00 bits per heavy atom. The molecule has 0 amide bonds. The number of hydrogen-bond donors (Lipinski definition) is 0. The number of nitrogens with zero attached hydrogens (tertiary/aromatic N) is 2. The van der Waals surface area contributed by atoms with E-state index in [4.69, 9.17) is 4.74 Å². The topological polar surface area (TPSA) is 15.7 Å². The lowest BCUT2D eigenvalue weighted by Gasteiger charge is -2.34. The molecule has 0 bridgehead atoms. The first-order chi connectivity index (χ1) is 13.8. The highest BCUT2D eigenvalue weighted by molar-refractivity contribution is 9.10. The van der Waals surface area contributed by atoms with E-state index in [1.54, 1.807) is 6.07 Å². The van der Waals surface area contributed by atoms with Crippen LogP contribution in [0, 0.1) is 5.82 Å². The molecule has 2 aromatic carbocycles. The predicted octanol–water partition coefficient (Wildman–Crippen LogP) is 5.32. The lowest BCUT2D eigenvalue weighted by molar-refractivity contribution is -0.140. The molecule has 3 nitrogen and oxygen atoms in total. The Labute approximate surface area is 176 Å². The fraction of sp³-hybridized carbons (Fsp3) is 0.429. The zero-order valence-electron chi connectivity index (χ0n) is 16.1. The molecule has 0 saturated carbocycles. The van der Waals surface area contributed by atoms with Crippen LogP contribution in [0.5, 0.6) is 5.75 Å². The first-order valence-electron chi connectivity index (χ1n) is 9.48. The third-order valence-electron chi connectivity index (χ3n) is 5.06. The maximum atomic E-state index is 13.5. The molecule has 1 fully saturated rings. The number of piperazine rings is 1. The van der Waals surface area contributed by atoms with Crippen molar-refractivity contribution in [3.8, 4) is 5.75 Å². The van der Waals surface area contributed by atoms with Crippen molar-refractivity contribution in [1.29, 1.82) is 0 Å². The highest BCUT2D eigenvalue weighted by Crippen LogP contribution is 2.32. The third kappa shape index (κ3) is 5.93. The normalized spacial score (nSPS) is 16.2. The Kier molecular flexibility index (Phi) is 7.19. The van der Waals surface area contributed by atoms with Gasteiger partial charge in [0.25, 0.3) is 0 Å². The molecular weight excluding hydrogens is 452 g/mol. The van der Waals surface area contributed by atoms with E-state index in [2.05, 4.69) is 32.7 Å². The highest BCUT2D eigenvalue weighted by Gasteiger charge is 2.34. The Hall–Kier alpha value is -1.64. The van der Waals surface area contributed by atoms with Gasteiger partial charge in [0.1, 0.15) is 18.2 Å². The van der Waals surface area contributed by atoms with Gasteiger partial charge in [0.15, 0.2) is 0 Å². The molecule has 1 aliphatic heterocycles. The minimum Gasteiger partial charge on any atom is -0.489 e. The zero-order valence-corrected chi connectivity index (χ0v) is 17.7. The van der Waals surface area contributed by atoms with E-state index in [1.165, 1.54) is 6.07 Å². The van der Waals surface area contributed by atoms with E-state index in [9.17, 15) is 17.6 Å². The molecule has 0 spiro atoms. The van der Waals surface area contributed by atoms with Crippen LogP contribution < -0.4 is 4.74 Å². The smallest absolute Gasteiger partial charge is 0.419 e. The van der Waals surface area contributed by atoms with Crippen LogP contribution in [0.4, 0.5) is 17.6 Å². The maximum Gasteiger partial charge on any atom is 0.419 e. The van der Waals surface area contributed by atoms with Gasteiger partial charge in [-0.15, -0.1) is 0 Å². The third-order valence-corrected chi connectivity index (χ3v) is 5.55. The van der Waals surface area contributed by atoms with Gasteiger partial charge in [-0.05, 0) is 42.4 Å². The summed E-state index contributed by atoms with van der Waals surface area (Å²) in [5, 5.41) is 0. The van der Waals surface area contributed by atoms with E-state index >= 15 is 0 Å². The van der Waals surface area contributed by atoms with Crippen molar-refractivity contribution in [2.45, 2.75) is 26.3 Å². The van der Waals surface area contributed by atoms with Crippen molar-refractivity contribution in [3.63, 3.8) is 0 Å². The number of alkyl halides is 3. The molecule has 29 heavy (non-hydrogen) atoms. The molecule has 0 aliphatic carbocycles. The summed E-state index contributed by atoms with van der Waals surface area (Å²) in [6.45, 7) is 7.74. The van der Waals surface area contributed by atoms with Crippen LogP contribution in [-0.4, -0.2) is 42.5 Å². The summed E-state index contributed by atoms with van der Waals surface area (Å²) < 4.78 is 59.0. The van der Waals surface area contributed by atoms with Gasteiger partial charge in [-0.2, -0.15) is 13.2 Å². The fourth-order valence-electron chi connectivity index (χ4n) is 3.36. The summed E-state index contributed by atoms with van der Waals surface area (Å²) in [7, 11) is 0. The average Bonchev–Trinajstić information content (AvgIpc) is 2.68. The number of hydrogen-bond acceptors (Lipinski definition) is 3. The lowest BCUT2D eigenvalue weighted by atomic mass is 10.1. The molecule has 0 radical (unpaired) electrons. The van der Waals surface area contributed by atoms with Crippen molar-refractivity contribution in [3.05, 3.63) is 63.4 Å². The van der Waals surface area contributed by atoms with E-state index in [0.717, 1.165) is 54.9 Å². The van der Waals surface area contributed by atoms with Crippen LogP contribution in [-0.2, 0) is 19.3 Å². The van der Waals surface area contributed by atoms with E-state index in [1.807, 2.05) is 12.1 Å². The van der Waals surface area contributed by atoms with Crippen LogP contribution in [0.1, 0.15) is 23.6 Å². The van der Waals surface area contributed by atoms with Crippen molar-refractivity contribution in [1.82, 2.24) is 9.80 Å². The summed E-state index contributed by atoms with van der Waals surface area (Å²) in [6, 6.07) is 8.55. The van der Waals surface area contributed by atoms with Gasteiger partial charge in [0, 0.05) is 42.8 Å². The van der Waals surface area contributed by atoms with Gasteiger partial charge in [-0.25, -0.2) is 4.39 Å². The van der Waals surface area contributed by atoms with E-state index in [0.29, 0.717) is 12.3 Å². The van der Waals surface area contributed by atoms with Crippen LogP contribution in [0.2, 0.25) is 0 Å². The highest BCUT2D eigenvalue weighted by atomic mass is 79.9. The summed E-state index contributed by atoms with van der Waals surface area (Å²) in [5.74, 6) is -0.666. The molecule has 2 aromatic rings. The fourth-order valence-corrected chi connectivity index (χ4v) is 3.77. The Morgan fingerprint density at radius 2 is 1.69 bits per heavy atom. The summed E-state index contributed by atoms with van der Waals surface area (Å²) >= 11 is 3.47. The van der Waals surface area contributed by atoms with E-state index < -0.39 is 17.6 Å². The van der Waals surface area contributed by atoms with Gasteiger partial charge in [0.05, 0.1) is 5.56 Å². The molecule has 0 unspecified atom stereocenters. The van der Waals surface area contributed by atoms with Gasteiger partial charge in [-0.1, -0.05) is 28.9 Å². The van der Waals surface area contributed by atoms with Crippen LogP contribution in [0.3, 0.4) is 0 Å². The second kappa shape index (κ2) is 9.45. The average molecular weight is 475 g/mol. The van der Waals surface area contributed by atoms with Crippen LogP contribution >= 0.6 is 15.9 Å². The Balaban J connectivity index is 1.70. The molecule has 8 heteroatoms. The predicted molar refractivity (Wildman–Crippen MR) is 107 cm³/mol. The maximum absolute atomic E-state index is 13.5. The summed E-state index contributed by atoms with van der Waals surface area (Å²) in [5.41, 5.74) is -0.0462. The van der Waals surface area contributed by atoms with Gasteiger partial charge in [-0.3, -0.25) is 4.90 Å². The monoisotopic (exact) mass is 474 g/mol. The Morgan fingerprint density at radius 3 is 2.34 bits per heavy atom. The minimum atomic E-state index is -4.73. The standard InChI is InChI=1S/C21H23BrF4N2O/c1-2-27-7-9-28(10-8-27)13-16-12-17(22)4-6-20(16)29-14-15-3-5-19(23)18(11-15)21(24,25)26/h3-6,11-12H,2,7-10,13-14H2,1H3. The molecule has 158 valence electrons. The zero-order chi connectivity index (χ0) is 21.0. The Bertz CT molecular complexity index is 836. The van der Waals surface area contributed by atoms with Gasteiger partial charge < -0.3 is 9.64 Å². The van der Waals surface area contributed by atoms with Gasteiger partial charge in [0.2, 0.25) is 0 Å². The van der Waals surface area contributed by atoms with Crippen molar-refractivity contribution in [2.24, 2.45) is 0 Å².